The van der Waals surface area contributed by atoms with Crippen molar-refractivity contribution in [3.8, 4) is 22.4 Å². The molecule has 1 aromatic heterocycles. The zero-order chi connectivity index (χ0) is 19.9. The molecule has 0 unspecified atom stereocenters. The van der Waals surface area contributed by atoms with Crippen LogP contribution in [0.3, 0.4) is 0 Å². The van der Waals surface area contributed by atoms with Crippen LogP contribution in [0, 0.1) is 24.4 Å². The van der Waals surface area contributed by atoms with E-state index in [-0.39, 0.29) is 28.1 Å². The third-order valence-electron chi connectivity index (χ3n) is 4.01. The summed E-state index contributed by atoms with van der Waals surface area (Å²) < 4.78 is 70.6. The van der Waals surface area contributed by atoms with Gasteiger partial charge in [0.25, 0.3) is 0 Å². The molecule has 1 heterocycles. The zero-order valence-corrected chi connectivity index (χ0v) is 15.1. The van der Waals surface area contributed by atoms with E-state index in [9.17, 15) is 26.7 Å². The second-order valence-corrected chi connectivity index (χ2v) is 7.95. The molecule has 0 bridgehead atoms. The standard InChI is InChI=1S/C18H14F3NO4S/c1-9-3-4-10(5-12(9)19)17-16(15(8-23)26-22-17)11-6-13(20)18(14(21)7-11)27(2,24)25/h3-7,23H,8H2,1-2H3. The van der Waals surface area contributed by atoms with Gasteiger partial charge in [-0.1, -0.05) is 17.3 Å². The van der Waals surface area contributed by atoms with Crippen molar-refractivity contribution in [2.24, 2.45) is 0 Å². The fourth-order valence-electron chi connectivity index (χ4n) is 2.73. The van der Waals surface area contributed by atoms with E-state index in [1.165, 1.54) is 12.1 Å². The molecule has 9 heteroatoms. The van der Waals surface area contributed by atoms with E-state index in [2.05, 4.69) is 5.16 Å². The van der Waals surface area contributed by atoms with Crippen LogP contribution in [-0.4, -0.2) is 24.9 Å². The van der Waals surface area contributed by atoms with Crippen molar-refractivity contribution >= 4 is 9.84 Å². The predicted molar refractivity (Wildman–Crippen MR) is 91.0 cm³/mol. The molecule has 0 radical (unpaired) electrons. The Morgan fingerprint density at radius 3 is 2.15 bits per heavy atom. The monoisotopic (exact) mass is 397 g/mol. The van der Waals surface area contributed by atoms with Crippen LogP contribution in [0.5, 0.6) is 0 Å². The van der Waals surface area contributed by atoms with Crippen LogP contribution in [0.25, 0.3) is 22.4 Å². The van der Waals surface area contributed by atoms with E-state index in [1.54, 1.807) is 13.0 Å². The first-order chi connectivity index (χ1) is 12.6. The fourth-order valence-corrected chi connectivity index (χ4v) is 3.55. The third kappa shape index (κ3) is 3.47. The lowest BCUT2D eigenvalue weighted by Crippen LogP contribution is -2.05. The maximum atomic E-state index is 14.3. The van der Waals surface area contributed by atoms with Crippen LogP contribution in [0.4, 0.5) is 13.2 Å². The number of hydrogen-bond donors (Lipinski definition) is 1. The van der Waals surface area contributed by atoms with Crippen LogP contribution in [0.1, 0.15) is 11.3 Å². The Kier molecular flexibility index (Phi) is 4.83. The summed E-state index contributed by atoms with van der Waals surface area (Å²) in [4.78, 5) is -1.06. The highest BCUT2D eigenvalue weighted by Crippen LogP contribution is 2.37. The van der Waals surface area contributed by atoms with E-state index in [0.29, 0.717) is 11.8 Å². The van der Waals surface area contributed by atoms with Crippen molar-refractivity contribution in [3.63, 3.8) is 0 Å². The number of hydrogen-bond acceptors (Lipinski definition) is 5. The molecule has 142 valence electrons. The largest absolute Gasteiger partial charge is 0.388 e. The molecule has 0 fully saturated rings. The highest BCUT2D eigenvalue weighted by Gasteiger charge is 2.25. The van der Waals surface area contributed by atoms with Gasteiger partial charge in [0.1, 0.15) is 34.6 Å². The SMILES string of the molecule is Cc1ccc(-c2noc(CO)c2-c2cc(F)c(S(C)(=O)=O)c(F)c2)cc1F. The highest BCUT2D eigenvalue weighted by molar-refractivity contribution is 7.90. The maximum Gasteiger partial charge on any atom is 0.181 e. The summed E-state index contributed by atoms with van der Waals surface area (Å²) in [6, 6.07) is 5.82. The summed E-state index contributed by atoms with van der Waals surface area (Å²) >= 11 is 0. The molecule has 0 saturated heterocycles. The van der Waals surface area contributed by atoms with Crippen molar-refractivity contribution < 1.29 is 31.2 Å². The third-order valence-corrected chi connectivity index (χ3v) is 5.14. The number of aliphatic hydroxyl groups is 1. The highest BCUT2D eigenvalue weighted by atomic mass is 32.2. The molecule has 0 atom stereocenters. The Hall–Kier alpha value is -2.65. The Morgan fingerprint density at radius 1 is 1.04 bits per heavy atom. The molecule has 0 spiro atoms. The number of sulfone groups is 1. The first kappa shape index (κ1) is 19.1. The summed E-state index contributed by atoms with van der Waals surface area (Å²) in [7, 11) is -4.13. The van der Waals surface area contributed by atoms with Gasteiger partial charge in [0.05, 0.1) is 5.56 Å². The average Bonchev–Trinajstić information content (AvgIpc) is 2.99. The molecule has 0 aliphatic carbocycles. The van der Waals surface area contributed by atoms with Crippen molar-refractivity contribution in [2.75, 3.05) is 6.26 Å². The molecule has 5 nitrogen and oxygen atoms in total. The van der Waals surface area contributed by atoms with E-state index in [4.69, 9.17) is 4.52 Å². The average molecular weight is 397 g/mol. The predicted octanol–water partition coefficient (Wildman–Crippen LogP) is 3.63. The molecule has 2 aromatic carbocycles. The van der Waals surface area contributed by atoms with Gasteiger partial charge in [0, 0.05) is 11.8 Å². The smallest absolute Gasteiger partial charge is 0.181 e. The molecule has 3 aromatic rings. The van der Waals surface area contributed by atoms with E-state index >= 15 is 0 Å². The van der Waals surface area contributed by atoms with Gasteiger partial charge in [-0.3, -0.25) is 0 Å². The summed E-state index contributed by atoms with van der Waals surface area (Å²) in [5.74, 6) is -3.20. The molecule has 0 aliphatic heterocycles. The minimum atomic E-state index is -4.13. The van der Waals surface area contributed by atoms with Crippen LogP contribution in [-0.2, 0) is 16.4 Å². The van der Waals surface area contributed by atoms with Gasteiger partial charge in [-0.15, -0.1) is 0 Å². The Balaban J connectivity index is 2.26. The number of aromatic nitrogens is 1. The van der Waals surface area contributed by atoms with E-state index in [0.717, 1.165) is 12.1 Å². The molecule has 0 amide bonds. The summed E-state index contributed by atoms with van der Waals surface area (Å²) in [5, 5.41) is 13.2. The lowest BCUT2D eigenvalue weighted by atomic mass is 9.98. The number of benzene rings is 2. The molecule has 1 N–H and O–H groups in total. The molecule has 3 rings (SSSR count). The lowest BCUT2D eigenvalue weighted by Gasteiger charge is -2.08. The molecule has 27 heavy (non-hydrogen) atoms. The maximum absolute atomic E-state index is 14.3. The lowest BCUT2D eigenvalue weighted by molar-refractivity contribution is 0.230. The van der Waals surface area contributed by atoms with Crippen molar-refractivity contribution in [1.82, 2.24) is 5.16 Å². The van der Waals surface area contributed by atoms with Gasteiger partial charge in [0.15, 0.2) is 15.6 Å². The first-order valence-electron chi connectivity index (χ1n) is 7.69. The quantitative estimate of drug-likeness (QED) is 0.727. The fraction of sp³-hybridized carbons (Fsp3) is 0.167. The van der Waals surface area contributed by atoms with Crippen molar-refractivity contribution in [2.45, 2.75) is 18.4 Å². The number of nitrogens with zero attached hydrogens (tertiary/aromatic N) is 1. The zero-order valence-electron chi connectivity index (χ0n) is 14.3. The van der Waals surface area contributed by atoms with Crippen LogP contribution in [0.2, 0.25) is 0 Å². The van der Waals surface area contributed by atoms with Crippen molar-refractivity contribution in [1.29, 1.82) is 0 Å². The van der Waals surface area contributed by atoms with Crippen LogP contribution >= 0.6 is 0 Å². The van der Waals surface area contributed by atoms with Crippen molar-refractivity contribution in [3.05, 3.63) is 59.1 Å². The summed E-state index contributed by atoms with van der Waals surface area (Å²) in [6.07, 6.45) is 0.688. The van der Waals surface area contributed by atoms with Gasteiger partial charge in [-0.25, -0.2) is 21.6 Å². The number of rotatable bonds is 4. The number of aryl methyl sites for hydroxylation is 1. The van der Waals surface area contributed by atoms with Gasteiger partial charge < -0.3 is 9.63 Å². The van der Waals surface area contributed by atoms with Gasteiger partial charge >= 0.3 is 0 Å². The second kappa shape index (κ2) is 6.82. The number of aliphatic hydroxyl groups excluding tert-OH is 1. The molecular weight excluding hydrogens is 383 g/mol. The Labute approximate surface area is 153 Å². The summed E-state index contributed by atoms with van der Waals surface area (Å²) in [5.41, 5.74) is 0.659. The molecular formula is C18H14F3NO4S. The topological polar surface area (TPSA) is 80.4 Å². The second-order valence-electron chi connectivity index (χ2n) is 5.99. The normalized spacial score (nSPS) is 11.8. The molecule has 0 saturated carbocycles. The van der Waals surface area contributed by atoms with Crippen LogP contribution in [0.15, 0.2) is 39.8 Å². The minimum absolute atomic E-state index is 0.0404. The van der Waals surface area contributed by atoms with E-state index in [1.807, 2.05) is 0 Å². The number of halogens is 3. The summed E-state index contributed by atoms with van der Waals surface area (Å²) in [6.45, 7) is 0.935. The van der Waals surface area contributed by atoms with Gasteiger partial charge in [0.2, 0.25) is 0 Å². The molecule has 0 aliphatic rings. The van der Waals surface area contributed by atoms with E-state index < -0.39 is 38.8 Å². The Bertz CT molecular complexity index is 1120. The van der Waals surface area contributed by atoms with Crippen LogP contribution < -0.4 is 0 Å². The van der Waals surface area contributed by atoms with Gasteiger partial charge in [-0.2, -0.15) is 0 Å². The first-order valence-corrected chi connectivity index (χ1v) is 9.58. The minimum Gasteiger partial charge on any atom is -0.388 e. The Morgan fingerprint density at radius 2 is 1.63 bits per heavy atom. The van der Waals surface area contributed by atoms with Gasteiger partial charge in [-0.05, 0) is 36.2 Å².